The zero-order chi connectivity index (χ0) is 19.5. The molecule has 1 amide bonds. The molecule has 0 aliphatic heterocycles. The summed E-state index contributed by atoms with van der Waals surface area (Å²) >= 11 is 5.99. The summed E-state index contributed by atoms with van der Waals surface area (Å²) in [5.74, 6) is 0.341. The lowest BCUT2D eigenvalue weighted by molar-refractivity contribution is 0.0934. The zero-order valence-electron chi connectivity index (χ0n) is 15.0. The third-order valence-electron chi connectivity index (χ3n) is 4.34. The van der Waals surface area contributed by atoms with Crippen LogP contribution >= 0.6 is 11.6 Å². The Bertz CT molecular complexity index is 1070. The third-order valence-corrected chi connectivity index (χ3v) is 4.59. The lowest BCUT2D eigenvalue weighted by Gasteiger charge is -2.12. The average Bonchev–Trinajstić information content (AvgIpc) is 3.39. The van der Waals surface area contributed by atoms with E-state index in [9.17, 15) is 4.79 Å². The molecule has 0 aliphatic rings. The van der Waals surface area contributed by atoms with Crippen molar-refractivity contribution < 1.29 is 9.21 Å². The van der Waals surface area contributed by atoms with Gasteiger partial charge in [-0.2, -0.15) is 5.10 Å². The number of carbonyl (C=O) groups excluding carboxylic acids is 1. The molecule has 0 saturated carbocycles. The molecule has 6 nitrogen and oxygen atoms in total. The molecule has 0 radical (unpaired) electrons. The Balaban J connectivity index is 1.67. The van der Waals surface area contributed by atoms with E-state index >= 15 is 0 Å². The van der Waals surface area contributed by atoms with Crippen LogP contribution in [-0.4, -0.2) is 20.7 Å². The Labute approximate surface area is 166 Å². The molecular formula is C21H17ClN4O2. The molecule has 28 heavy (non-hydrogen) atoms. The number of nitrogens with zero attached hydrogens (tertiary/aromatic N) is 3. The van der Waals surface area contributed by atoms with Gasteiger partial charge in [-0.3, -0.25) is 9.78 Å². The van der Waals surface area contributed by atoms with Crippen molar-refractivity contribution in [2.45, 2.75) is 13.0 Å². The Morgan fingerprint density at radius 2 is 1.89 bits per heavy atom. The number of nitrogens with one attached hydrogen (secondary N) is 1. The fourth-order valence-corrected chi connectivity index (χ4v) is 3.00. The van der Waals surface area contributed by atoms with E-state index in [2.05, 4.69) is 15.4 Å². The summed E-state index contributed by atoms with van der Waals surface area (Å²) in [6, 6.07) is 16.1. The van der Waals surface area contributed by atoms with Gasteiger partial charge in [-0.15, -0.1) is 0 Å². The number of hydrogen-bond acceptors (Lipinski definition) is 4. The molecule has 0 spiro atoms. The van der Waals surface area contributed by atoms with E-state index < -0.39 is 0 Å². The van der Waals surface area contributed by atoms with Crippen molar-refractivity contribution in [3.8, 4) is 17.1 Å². The Kier molecular flexibility index (Phi) is 4.95. The van der Waals surface area contributed by atoms with Crippen molar-refractivity contribution in [1.82, 2.24) is 20.1 Å². The maximum Gasteiger partial charge on any atom is 0.272 e. The molecule has 1 atom stereocenters. The van der Waals surface area contributed by atoms with Gasteiger partial charge >= 0.3 is 0 Å². The third kappa shape index (κ3) is 3.68. The lowest BCUT2D eigenvalue weighted by atomic mass is 10.1. The Morgan fingerprint density at radius 3 is 2.57 bits per heavy atom. The summed E-state index contributed by atoms with van der Waals surface area (Å²) < 4.78 is 7.19. The number of carbonyl (C=O) groups is 1. The van der Waals surface area contributed by atoms with Gasteiger partial charge in [0.2, 0.25) is 0 Å². The molecule has 140 valence electrons. The first kappa shape index (κ1) is 18.0. The normalized spacial score (nSPS) is 11.9. The molecule has 0 fully saturated rings. The second-order valence-corrected chi connectivity index (χ2v) is 6.69. The SMILES string of the molecule is CC(NC(=O)c1cc(-c2ccco2)n(-c2ccc(Cl)cc2)n1)c1ccncc1. The molecule has 0 aliphatic carbocycles. The van der Waals surface area contributed by atoms with E-state index in [0.29, 0.717) is 22.2 Å². The summed E-state index contributed by atoms with van der Waals surface area (Å²) in [5.41, 5.74) is 2.71. The predicted molar refractivity (Wildman–Crippen MR) is 106 cm³/mol. The van der Waals surface area contributed by atoms with E-state index in [0.717, 1.165) is 11.3 Å². The molecule has 0 saturated heterocycles. The van der Waals surface area contributed by atoms with Gasteiger partial charge in [0.15, 0.2) is 11.5 Å². The van der Waals surface area contributed by atoms with Gasteiger partial charge in [-0.05, 0) is 61.0 Å². The minimum atomic E-state index is -0.273. The van der Waals surface area contributed by atoms with Gasteiger partial charge in [-0.1, -0.05) is 11.6 Å². The van der Waals surface area contributed by atoms with Crippen molar-refractivity contribution >= 4 is 17.5 Å². The van der Waals surface area contributed by atoms with E-state index in [1.54, 1.807) is 47.6 Å². The smallest absolute Gasteiger partial charge is 0.272 e. The van der Waals surface area contributed by atoms with Crippen LogP contribution in [0.3, 0.4) is 0 Å². The van der Waals surface area contributed by atoms with E-state index in [1.165, 1.54) is 0 Å². The summed E-state index contributed by atoms with van der Waals surface area (Å²) in [6.07, 6.45) is 4.98. The van der Waals surface area contributed by atoms with E-state index in [-0.39, 0.29) is 11.9 Å². The number of rotatable bonds is 5. The average molecular weight is 393 g/mol. The molecule has 1 N–H and O–H groups in total. The first-order valence-corrected chi connectivity index (χ1v) is 9.10. The standard InChI is InChI=1S/C21H17ClN4O2/c1-14(15-8-10-23-11-9-15)24-21(27)18-13-19(20-3-2-12-28-20)26(25-18)17-6-4-16(22)5-7-17/h2-14H,1H3,(H,24,27). The number of halogens is 1. The number of aromatic nitrogens is 3. The van der Waals surface area contributed by atoms with Gasteiger partial charge in [0.25, 0.3) is 5.91 Å². The summed E-state index contributed by atoms with van der Waals surface area (Å²) in [6.45, 7) is 1.91. The minimum Gasteiger partial charge on any atom is -0.463 e. The van der Waals surface area contributed by atoms with E-state index in [1.807, 2.05) is 37.3 Å². The monoisotopic (exact) mass is 392 g/mol. The quantitative estimate of drug-likeness (QED) is 0.535. The van der Waals surface area contributed by atoms with Gasteiger partial charge in [0, 0.05) is 23.5 Å². The van der Waals surface area contributed by atoms with Crippen LogP contribution in [0.1, 0.15) is 29.0 Å². The number of pyridine rings is 1. The lowest BCUT2D eigenvalue weighted by Crippen LogP contribution is -2.27. The van der Waals surface area contributed by atoms with Crippen molar-refractivity contribution in [3.63, 3.8) is 0 Å². The fraction of sp³-hybridized carbons (Fsp3) is 0.0952. The largest absolute Gasteiger partial charge is 0.463 e. The van der Waals surface area contributed by atoms with Crippen LogP contribution in [0, 0.1) is 0 Å². The zero-order valence-corrected chi connectivity index (χ0v) is 15.8. The Morgan fingerprint density at radius 1 is 1.14 bits per heavy atom. The van der Waals surface area contributed by atoms with Crippen molar-refractivity contribution in [2.75, 3.05) is 0 Å². The van der Waals surface area contributed by atoms with Crippen molar-refractivity contribution in [1.29, 1.82) is 0 Å². The molecule has 0 bridgehead atoms. The molecule has 4 rings (SSSR count). The molecular weight excluding hydrogens is 376 g/mol. The highest BCUT2D eigenvalue weighted by atomic mass is 35.5. The van der Waals surface area contributed by atoms with Crippen LogP contribution in [0.25, 0.3) is 17.1 Å². The summed E-state index contributed by atoms with van der Waals surface area (Å²) in [4.78, 5) is 16.8. The molecule has 1 unspecified atom stereocenters. The van der Waals surface area contributed by atoms with Gasteiger partial charge in [-0.25, -0.2) is 4.68 Å². The second-order valence-electron chi connectivity index (χ2n) is 6.26. The maximum atomic E-state index is 12.8. The highest BCUT2D eigenvalue weighted by Gasteiger charge is 2.20. The topological polar surface area (TPSA) is 73.0 Å². The molecule has 3 heterocycles. The molecule has 3 aromatic heterocycles. The van der Waals surface area contributed by atoms with Crippen LogP contribution in [0.5, 0.6) is 0 Å². The summed E-state index contributed by atoms with van der Waals surface area (Å²) in [5, 5.41) is 8.09. The number of amides is 1. The number of hydrogen-bond donors (Lipinski definition) is 1. The van der Waals surface area contributed by atoms with Crippen LogP contribution in [0.2, 0.25) is 5.02 Å². The van der Waals surface area contributed by atoms with Crippen LogP contribution in [0.4, 0.5) is 0 Å². The van der Waals surface area contributed by atoms with Crippen LogP contribution in [0.15, 0.2) is 77.7 Å². The second kappa shape index (κ2) is 7.70. The first-order chi connectivity index (χ1) is 13.6. The van der Waals surface area contributed by atoms with Gasteiger partial charge < -0.3 is 9.73 Å². The van der Waals surface area contributed by atoms with Crippen molar-refractivity contribution in [2.24, 2.45) is 0 Å². The van der Waals surface area contributed by atoms with Crippen molar-refractivity contribution in [3.05, 3.63) is 89.5 Å². The van der Waals surface area contributed by atoms with Crippen LogP contribution < -0.4 is 5.32 Å². The highest BCUT2D eigenvalue weighted by molar-refractivity contribution is 6.30. The first-order valence-electron chi connectivity index (χ1n) is 8.72. The Hall–Kier alpha value is -3.38. The van der Waals surface area contributed by atoms with Crippen LogP contribution in [-0.2, 0) is 0 Å². The molecule has 7 heteroatoms. The molecule has 1 aromatic carbocycles. The maximum absolute atomic E-state index is 12.8. The summed E-state index contributed by atoms with van der Waals surface area (Å²) in [7, 11) is 0. The number of benzene rings is 1. The molecule has 4 aromatic rings. The van der Waals surface area contributed by atoms with Gasteiger partial charge in [0.05, 0.1) is 18.0 Å². The van der Waals surface area contributed by atoms with Gasteiger partial charge in [0.1, 0.15) is 5.69 Å². The fourth-order valence-electron chi connectivity index (χ4n) is 2.88. The number of furan rings is 1. The minimum absolute atomic E-state index is 0.178. The highest BCUT2D eigenvalue weighted by Crippen LogP contribution is 2.25. The predicted octanol–water partition coefficient (Wildman–Crippen LogP) is 4.67. The van der Waals surface area contributed by atoms with E-state index in [4.69, 9.17) is 16.0 Å².